The molecule has 4 heterocycles. The van der Waals surface area contributed by atoms with Crippen LogP contribution in [0.15, 0.2) is 55.1 Å². The van der Waals surface area contributed by atoms with Gasteiger partial charge < -0.3 is 20.1 Å². The van der Waals surface area contributed by atoms with Gasteiger partial charge in [0.15, 0.2) is 17.4 Å². The lowest BCUT2D eigenvalue weighted by atomic mass is 10.1. The molecule has 1 aliphatic heterocycles. The number of para-hydroxylation sites is 1. The molecule has 0 unspecified atom stereocenters. The second-order valence-electron chi connectivity index (χ2n) is 10.2. The van der Waals surface area contributed by atoms with Crippen molar-refractivity contribution >= 4 is 28.8 Å². The van der Waals surface area contributed by atoms with Crippen molar-refractivity contribution < 1.29 is 14.3 Å². The number of Topliss-reactive ketones (excluding diaryl/α,β-unsaturated/α-hetero) is 1. The van der Waals surface area contributed by atoms with E-state index in [-0.39, 0.29) is 5.78 Å². The maximum Gasteiger partial charge on any atom is 0.184 e. The molecular formula is C30H36N8O3. The van der Waals surface area contributed by atoms with Crippen molar-refractivity contribution in [2.75, 3.05) is 31.0 Å². The average molecular weight is 557 g/mol. The van der Waals surface area contributed by atoms with Gasteiger partial charge in [0, 0.05) is 50.6 Å². The first-order chi connectivity index (χ1) is 19.9. The van der Waals surface area contributed by atoms with Gasteiger partial charge >= 0.3 is 0 Å². The van der Waals surface area contributed by atoms with Crippen molar-refractivity contribution in [3.8, 4) is 17.1 Å². The summed E-state index contributed by atoms with van der Waals surface area (Å²) < 4.78 is 13.0. The maximum atomic E-state index is 12.8. The van der Waals surface area contributed by atoms with Gasteiger partial charge in [0.1, 0.15) is 18.0 Å². The van der Waals surface area contributed by atoms with Gasteiger partial charge in [0.2, 0.25) is 0 Å². The minimum atomic E-state index is -0.0258. The molecule has 0 spiro atoms. The number of carbonyl (C=O) groups excluding carboxylic acids is 1. The highest BCUT2D eigenvalue weighted by molar-refractivity contribution is 6.02. The van der Waals surface area contributed by atoms with Crippen LogP contribution >= 0.6 is 0 Å². The molecule has 5 rings (SSSR count). The minimum absolute atomic E-state index is 0.0258. The molecular weight excluding hydrogens is 520 g/mol. The van der Waals surface area contributed by atoms with Crippen LogP contribution in [0, 0.1) is 0 Å². The van der Waals surface area contributed by atoms with E-state index < -0.39 is 0 Å². The van der Waals surface area contributed by atoms with Gasteiger partial charge in [-0.25, -0.2) is 15.0 Å². The Morgan fingerprint density at radius 1 is 1.02 bits per heavy atom. The lowest BCUT2D eigenvalue weighted by Crippen LogP contribution is -2.48. The van der Waals surface area contributed by atoms with Gasteiger partial charge in [-0.15, -0.1) is 0 Å². The predicted molar refractivity (Wildman–Crippen MR) is 158 cm³/mol. The Hall–Kier alpha value is -4.35. The van der Waals surface area contributed by atoms with Crippen molar-refractivity contribution in [1.29, 1.82) is 0 Å². The summed E-state index contributed by atoms with van der Waals surface area (Å²) in [5.74, 6) is 2.30. The van der Waals surface area contributed by atoms with Crippen LogP contribution in [0.5, 0.6) is 5.75 Å². The average Bonchev–Trinajstić information content (AvgIpc) is 3.41. The lowest BCUT2D eigenvalue weighted by Gasteiger charge is -2.38. The third-order valence-corrected chi connectivity index (χ3v) is 7.15. The second kappa shape index (κ2) is 12.4. The number of rotatable bonds is 10. The molecule has 11 heteroatoms. The molecule has 1 aromatic carbocycles. The molecule has 1 saturated heterocycles. The number of ether oxygens (including phenoxy) is 2. The molecule has 214 valence electrons. The smallest absolute Gasteiger partial charge is 0.184 e. The second-order valence-corrected chi connectivity index (χ2v) is 10.2. The molecule has 0 aliphatic carbocycles. The zero-order chi connectivity index (χ0) is 28.9. The van der Waals surface area contributed by atoms with Gasteiger partial charge in [0.05, 0.1) is 42.8 Å². The van der Waals surface area contributed by atoms with E-state index in [0.717, 1.165) is 30.9 Å². The van der Waals surface area contributed by atoms with Crippen LogP contribution in [0.1, 0.15) is 43.1 Å². The summed E-state index contributed by atoms with van der Waals surface area (Å²) >= 11 is 0. The summed E-state index contributed by atoms with van der Waals surface area (Å²) in [6.07, 6.45) is 5.45. The summed E-state index contributed by atoms with van der Waals surface area (Å²) in [4.78, 5) is 28.7. The van der Waals surface area contributed by atoms with Crippen LogP contribution in [-0.4, -0.2) is 67.8 Å². The first-order valence-electron chi connectivity index (χ1n) is 13.7. The Balaban J connectivity index is 1.38. The fourth-order valence-electron chi connectivity index (χ4n) is 4.96. The van der Waals surface area contributed by atoms with Crippen molar-refractivity contribution in [3.63, 3.8) is 0 Å². The third-order valence-electron chi connectivity index (χ3n) is 7.15. The van der Waals surface area contributed by atoms with Crippen LogP contribution < -0.4 is 15.4 Å². The number of hydrogen-bond acceptors (Lipinski definition) is 10. The summed E-state index contributed by atoms with van der Waals surface area (Å²) in [5, 5.41) is 11.1. The number of anilines is 4. The van der Waals surface area contributed by atoms with E-state index in [4.69, 9.17) is 9.47 Å². The van der Waals surface area contributed by atoms with Gasteiger partial charge in [-0.05, 0) is 37.6 Å². The number of nitrogens with zero attached hydrogens (tertiary/aromatic N) is 6. The largest absolute Gasteiger partial charge is 0.494 e. The topological polar surface area (TPSA) is 119 Å². The molecule has 41 heavy (non-hydrogen) atoms. The van der Waals surface area contributed by atoms with Crippen molar-refractivity contribution in [1.82, 2.24) is 29.6 Å². The van der Waals surface area contributed by atoms with E-state index in [9.17, 15) is 4.79 Å². The number of aromatic nitrogens is 5. The van der Waals surface area contributed by atoms with Gasteiger partial charge in [-0.3, -0.25) is 14.4 Å². The van der Waals surface area contributed by atoms with Gasteiger partial charge in [-0.1, -0.05) is 19.1 Å². The first kappa shape index (κ1) is 28.2. The Morgan fingerprint density at radius 3 is 2.46 bits per heavy atom. The summed E-state index contributed by atoms with van der Waals surface area (Å²) in [7, 11) is 3.41. The number of nitrogens with one attached hydrogen (secondary N) is 2. The van der Waals surface area contributed by atoms with Crippen molar-refractivity contribution in [3.05, 3.63) is 66.2 Å². The number of methoxy groups -OCH3 is 1. The molecule has 11 nitrogen and oxygen atoms in total. The van der Waals surface area contributed by atoms with Crippen LogP contribution in [0.4, 0.5) is 23.0 Å². The molecule has 0 radical (unpaired) electrons. The monoisotopic (exact) mass is 556 g/mol. The maximum absolute atomic E-state index is 12.8. The molecule has 2 N–H and O–H groups in total. The summed E-state index contributed by atoms with van der Waals surface area (Å²) in [6.45, 7) is 8.50. The van der Waals surface area contributed by atoms with E-state index in [0.29, 0.717) is 58.7 Å². The van der Waals surface area contributed by atoms with Gasteiger partial charge in [-0.2, -0.15) is 5.10 Å². The quantitative estimate of drug-likeness (QED) is 0.259. The molecule has 3 aromatic heterocycles. The zero-order valence-electron chi connectivity index (χ0n) is 24.1. The third kappa shape index (κ3) is 6.36. The van der Waals surface area contributed by atoms with Crippen molar-refractivity contribution in [2.24, 2.45) is 7.05 Å². The fraction of sp³-hybridized carbons (Fsp3) is 0.367. The highest BCUT2D eigenvalue weighted by atomic mass is 16.5. The van der Waals surface area contributed by atoms with Crippen LogP contribution in [0.2, 0.25) is 0 Å². The van der Waals surface area contributed by atoms with E-state index in [2.05, 4.69) is 55.5 Å². The predicted octanol–water partition coefficient (Wildman–Crippen LogP) is 4.97. The minimum Gasteiger partial charge on any atom is -0.494 e. The van der Waals surface area contributed by atoms with Crippen molar-refractivity contribution in [2.45, 2.75) is 45.8 Å². The Kier molecular flexibility index (Phi) is 8.55. The molecule has 0 bridgehead atoms. The number of ketones is 1. The number of morpholine rings is 1. The highest BCUT2D eigenvalue weighted by Crippen LogP contribution is 2.37. The molecule has 1 fully saturated rings. The fourth-order valence-corrected chi connectivity index (χ4v) is 4.96. The SMILES string of the molecule is CCC(=O)c1cnc(Nc2ccc(CN3[C@H](C)COC[C@@H]3C)cn2)cc1Nc1cccc(-c2ncn(C)n2)c1OC. The van der Waals surface area contributed by atoms with Crippen LogP contribution in [-0.2, 0) is 18.3 Å². The Labute approximate surface area is 239 Å². The number of pyridine rings is 2. The first-order valence-corrected chi connectivity index (χ1v) is 13.7. The van der Waals surface area contributed by atoms with E-state index in [1.165, 1.54) is 0 Å². The van der Waals surface area contributed by atoms with E-state index in [1.54, 1.807) is 30.4 Å². The molecule has 1 aliphatic rings. The Bertz CT molecular complexity index is 1490. The summed E-state index contributed by atoms with van der Waals surface area (Å²) in [6, 6.07) is 12.2. The molecule has 0 saturated carbocycles. The molecule has 0 amide bonds. The zero-order valence-corrected chi connectivity index (χ0v) is 24.1. The highest BCUT2D eigenvalue weighted by Gasteiger charge is 2.25. The molecule has 4 aromatic rings. The van der Waals surface area contributed by atoms with E-state index >= 15 is 0 Å². The van der Waals surface area contributed by atoms with Crippen LogP contribution in [0.3, 0.4) is 0 Å². The number of aryl methyl sites for hydroxylation is 1. The number of hydrogen-bond donors (Lipinski definition) is 2. The normalized spacial score (nSPS) is 17.3. The lowest BCUT2D eigenvalue weighted by molar-refractivity contribution is -0.0409. The number of carbonyl (C=O) groups is 1. The van der Waals surface area contributed by atoms with E-state index in [1.807, 2.05) is 44.4 Å². The molecule has 2 atom stereocenters. The Morgan fingerprint density at radius 2 is 1.80 bits per heavy atom. The van der Waals surface area contributed by atoms with Crippen LogP contribution in [0.25, 0.3) is 11.4 Å². The number of benzene rings is 1. The summed E-state index contributed by atoms with van der Waals surface area (Å²) in [5.41, 5.74) is 3.63. The van der Waals surface area contributed by atoms with Gasteiger partial charge in [0.25, 0.3) is 0 Å². The standard InChI is InChI=1S/C30H36N8O3/c1-6-26(39)23-14-32-28(35-27-11-10-21(13-31-27)15-38-19(2)16-41-17-20(38)3)12-25(23)34-24-9-7-8-22(29(24)40-5)30-33-18-37(4)36-30/h7-14,18-20H,6,15-17H2,1-5H3,(H2,31,32,34,35)/t19-,20+.